The van der Waals surface area contributed by atoms with Crippen LogP contribution < -0.4 is 0 Å². The maximum absolute atomic E-state index is 12.4. The third-order valence-electron chi connectivity index (χ3n) is 3.75. The first kappa shape index (κ1) is 15.8. The molecule has 2 rings (SSSR count). The summed E-state index contributed by atoms with van der Waals surface area (Å²) >= 11 is 6.08. The molecule has 0 bridgehead atoms. The highest BCUT2D eigenvalue weighted by molar-refractivity contribution is 6.31. The fraction of sp³-hybridized carbons (Fsp3) is 0.316. The van der Waals surface area contributed by atoms with E-state index in [1.807, 2.05) is 37.3 Å². The van der Waals surface area contributed by atoms with E-state index in [-0.39, 0.29) is 11.2 Å². The summed E-state index contributed by atoms with van der Waals surface area (Å²) in [4.78, 5) is 12.4. The second kappa shape index (κ2) is 6.03. The fourth-order valence-corrected chi connectivity index (χ4v) is 2.49. The molecule has 2 heteroatoms. The average molecular weight is 301 g/mol. The molecule has 0 aliphatic carbocycles. The van der Waals surface area contributed by atoms with Crippen molar-refractivity contribution < 1.29 is 4.79 Å². The van der Waals surface area contributed by atoms with Gasteiger partial charge >= 0.3 is 0 Å². The van der Waals surface area contributed by atoms with Crippen LogP contribution in [0.2, 0.25) is 5.02 Å². The van der Waals surface area contributed by atoms with Gasteiger partial charge in [-0.05, 0) is 35.1 Å². The molecule has 0 amide bonds. The van der Waals surface area contributed by atoms with E-state index >= 15 is 0 Å². The molecule has 110 valence electrons. The summed E-state index contributed by atoms with van der Waals surface area (Å²) in [5.74, 6) is 0.110. The number of hydrogen-bond acceptors (Lipinski definition) is 1. The summed E-state index contributed by atoms with van der Waals surface area (Å²) < 4.78 is 0. The van der Waals surface area contributed by atoms with Gasteiger partial charge in [-0.25, -0.2) is 0 Å². The van der Waals surface area contributed by atoms with Gasteiger partial charge in [0.1, 0.15) is 0 Å². The number of halogens is 1. The van der Waals surface area contributed by atoms with Crippen molar-refractivity contribution in [1.29, 1.82) is 0 Å². The van der Waals surface area contributed by atoms with Gasteiger partial charge in [-0.15, -0.1) is 0 Å². The van der Waals surface area contributed by atoms with E-state index in [1.165, 1.54) is 5.56 Å². The summed E-state index contributed by atoms with van der Waals surface area (Å²) in [6.45, 7) is 8.44. The molecule has 0 unspecified atom stereocenters. The van der Waals surface area contributed by atoms with E-state index in [2.05, 4.69) is 32.9 Å². The van der Waals surface area contributed by atoms with Gasteiger partial charge < -0.3 is 0 Å². The van der Waals surface area contributed by atoms with Crippen LogP contribution in [0.5, 0.6) is 0 Å². The minimum Gasteiger partial charge on any atom is -0.294 e. The van der Waals surface area contributed by atoms with Crippen LogP contribution in [0.4, 0.5) is 0 Å². The number of ketones is 1. The molecule has 0 aliphatic rings. The molecule has 0 saturated carbocycles. The zero-order valence-electron chi connectivity index (χ0n) is 13.0. The Morgan fingerprint density at radius 1 is 1.05 bits per heavy atom. The summed E-state index contributed by atoms with van der Waals surface area (Å²) in [5.41, 5.74) is 4.01. The molecule has 0 aromatic heterocycles. The lowest BCUT2D eigenvalue weighted by Crippen LogP contribution is -2.11. The number of rotatable bonds is 3. The highest BCUT2D eigenvalue weighted by Crippen LogP contribution is 2.23. The Hall–Kier alpha value is -1.60. The summed E-state index contributed by atoms with van der Waals surface area (Å²) in [5, 5.41) is 0.643. The Kier molecular flexibility index (Phi) is 4.53. The molecule has 2 aromatic rings. The summed E-state index contributed by atoms with van der Waals surface area (Å²) in [7, 11) is 0. The maximum atomic E-state index is 12.4. The molecular formula is C19H21ClO. The monoisotopic (exact) mass is 300 g/mol. The predicted molar refractivity (Wildman–Crippen MR) is 89.4 cm³/mol. The van der Waals surface area contributed by atoms with Gasteiger partial charge in [-0.3, -0.25) is 4.79 Å². The third-order valence-corrected chi connectivity index (χ3v) is 4.16. The average Bonchev–Trinajstić information content (AvgIpc) is 2.41. The molecule has 0 heterocycles. The molecule has 0 atom stereocenters. The SMILES string of the molecule is Cc1c(Cl)cccc1C(=O)Cc1ccc(C(C)(C)C)cc1. The summed E-state index contributed by atoms with van der Waals surface area (Å²) in [6.07, 6.45) is 0.408. The number of carbonyl (C=O) groups excluding carboxylic acids is 1. The van der Waals surface area contributed by atoms with Crippen LogP contribution in [0, 0.1) is 6.92 Å². The molecule has 0 N–H and O–H groups in total. The van der Waals surface area contributed by atoms with Crippen LogP contribution in [0.1, 0.15) is 47.8 Å². The van der Waals surface area contributed by atoms with Crippen molar-refractivity contribution in [3.05, 3.63) is 69.7 Å². The van der Waals surface area contributed by atoms with Gasteiger partial charge in [-0.1, -0.05) is 68.8 Å². The molecule has 21 heavy (non-hydrogen) atoms. The smallest absolute Gasteiger partial charge is 0.167 e. The zero-order chi connectivity index (χ0) is 15.6. The minimum atomic E-state index is 0.110. The van der Waals surface area contributed by atoms with Gasteiger partial charge in [0.2, 0.25) is 0 Å². The lowest BCUT2D eigenvalue weighted by Gasteiger charge is -2.19. The van der Waals surface area contributed by atoms with Crippen molar-refractivity contribution in [2.24, 2.45) is 0 Å². The van der Waals surface area contributed by atoms with E-state index < -0.39 is 0 Å². The van der Waals surface area contributed by atoms with E-state index in [1.54, 1.807) is 0 Å². The number of Topliss-reactive ketones (excluding diaryl/α,β-unsaturated/α-hetero) is 1. The Labute approximate surface area is 132 Å². The lowest BCUT2D eigenvalue weighted by atomic mass is 9.86. The van der Waals surface area contributed by atoms with Crippen LogP contribution in [0.25, 0.3) is 0 Å². The van der Waals surface area contributed by atoms with Crippen molar-refractivity contribution in [3.8, 4) is 0 Å². The predicted octanol–water partition coefficient (Wildman–Crippen LogP) is 5.37. The zero-order valence-corrected chi connectivity index (χ0v) is 13.8. The molecule has 0 spiro atoms. The van der Waals surface area contributed by atoms with Crippen LogP contribution in [0.3, 0.4) is 0 Å². The maximum Gasteiger partial charge on any atom is 0.167 e. The van der Waals surface area contributed by atoms with Gasteiger partial charge in [0, 0.05) is 17.0 Å². The first-order valence-corrected chi connectivity index (χ1v) is 7.54. The minimum absolute atomic E-state index is 0.110. The molecule has 2 aromatic carbocycles. The normalized spacial score (nSPS) is 11.5. The highest BCUT2D eigenvalue weighted by atomic mass is 35.5. The van der Waals surface area contributed by atoms with Crippen molar-refractivity contribution in [3.63, 3.8) is 0 Å². The molecule has 0 fully saturated rings. The van der Waals surface area contributed by atoms with Crippen LogP contribution in [0.15, 0.2) is 42.5 Å². The van der Waals surface area contributed by atoms with Crippen LogP contribution in [-0.4, -0.2) is 5.78 Å². The van der Waals surface area contributed by atoms with Gasteiger partial charge in [0.15, 0.2) is 5.78 Å². The van der Waals surface area contributed by atoms with Crippen molar-refractivity contribution >= 4 is 17.4 Å². The lowest BCUT2D eigenvalue weighted by molar-refractivity contribution is 0.0992. The van der Waals surface area contributed by atoms with Gasteiger partial charge in [0.05, 0.1) is 0 Å². The number of benzene rings is 2. The Morgan fingerprint density at radius 3 is 2.24 bits per heavy atom. The second-order valence-corrected chi connectivity index (χ2v) is 6.87. The topological polar surface area (TPSA) is 17.1 Å². The Balaban J connectivity index is 2.18. The molecule has 0 saturated heterocycles. The van der Waals surface area contributed by atoms with Crippen molar-refractivity contribution in [2.75, 3.05) is 0 Å². The standard InChI is InChI=1S/C19H21ClO/c1-13-16(6-5-7-17(13)20)18(21)12-14-8-10-15(11-9-14)19(2,3)4/h5-11H,12H2,1-4H3. The van der Waals surface area contributed by atoms with Crippen molar-refractivity contribution in [2.45, 2.75) is 39.5 Å². The first-order chi connectivity index (χ1) is 9.79. The molecule has 0 radical (unpaired) electrons. The van der Waals surface area contributed by atoms with E-state index in [0.717, 1.165) is 11.1 Å². The van der Waals surface area contributed by atoms with E-state index in [4.69, 9.17) is 11.6 Å². The molecular weight excluding hydrogens is 280 g/mol. The van der Waals surface area contributed by atoms with Crippen LogP contribution >= 0.6 is 11.6 Å². The largest absolute Gasteiger partial charge is 0.294 e. The number of carbonyl (C=O) groups is 1. The fourth-order valence-electron chi connectivity index (χ4n) is 2.31. The quantitative estimate of drug-likeness (QED) is 0.696. The van der Waals surface area contributed by atoms with Gasteiger partial charge in [0.25, 0.3) is 0 Å². The third kappa shape index (κ3) is 3.74. The summed E-state index contributed by atoms with van der Waals surface area (Å²) in [6, 6.07) is 13.8. The Bertz CT molecular complexity index is 648. The number of hydrogen-bond donors (Lipinski definition) is 0. The van der Waals surface area contributed by atoms with Crippen molar-refractivity contribution in [1.82, 2.24) is 0 Å². The van der Waals surface area contributed by atoms with Crippen LogP contribution in [-0.2, 0) is 11.8 Å². The highest BCUT2D eigenvalue weighted by Gasteiger charge is 2.15. The van der Waals surface area contributed by atoms with E-state index in [9.17, 15) is 4.79 Å². The Morgan fingerprint density at radius 2 is 1.67 bits per heavy atom. The van der Waals surface area contributed by atoms with E-state index in [0.29, 0.717) is 17.0 Å². The van der Waals surface area contributed by atoms with Gasteiger partial charge in [-0.2, -0.15) is 0 Å². The molecule has 0 aliphatic heterocycles. The second-order valence-electron chi connectivity index (χ2n) is 6.46. The first-order valence-electron chi connectivity index (χ1n) is 7.17. The molecule has 1 nitrogen and oxygen atoms in total.